The Bertz CT molecular complexity index is 281. The van der Waals surface area contributed by atoms with E-state index in [0.29, 0.717) is 13.2 Å². The molecule has 1 aromatic rings. The monoisotopic (exact) mass is 193 g/mol. The van der Waals surface area contributed by atoms with Crippen molar-refractivity contribution < 1.29 is 9.47 Å². The van der Waals surface area contributed by atoms with E-state index in [1.165, 1.54) is 0 Å². The fourth-order valence-corrected chi connectivity index (χ4v) is 1.72. The first-order valence-corrected chi connectivity index (χ1v) is 4.83. The highest BCUT2D eigenvalue weighted by molar-refractivity contribution is 5.21. The summed E-state index contributed by atoms with van der Waals surface area (Å²) in [5.74, 6) is -0.598. The molecule has 0 radical (unpaired) electrons. The molecule has 0 saturated carbocycles. The molecule has 0 bridgehead atoms. The molecule has 2 rings (SSSR count). The highest BCUT2D eigenvalue weighted by atomic mass is 16.7. The Morgan fingerprint density at radius 2 is 2.14 bits per heavy atom. The zero-order valence-corrected chi connectivity index (χ0v) is 8.32. The molecule has 1 N–H and O–H groups in total. The topological polar surface area (TPSA) is 30.5 Å². The molecule has 0 spiro atoms. The van der Waals surface area contributed by atoms with Crippen molar-refractivity contribution >= 4 is 0 Å². The van der Waals surface area contributed by atoms with Gasteiger partial charge in [0.05, 0.1) is 13.2 Å². The molecule has 0 aliphatic carbocycles. The fourth-order valence-electron chi connectivity index (χ4n) is 1.72. The number of nitrogens with one attached hydrogen (secondary N) is 1. The molecule has 1 saturated heterocycles. The lowest BCUT2D eigenvalue weighted by Gasteiger charge is -2.36. The lowest BCUT2D eigenvalue weighted by atomic mass is 10.0. The molecular weight excluding hydrogens is 178 g/mol. The van der Waals surface area contributed by atoms with Crippen LogP contribution in [0.2, 0.25) is 0 Å². The molecule has 1 unspecified atom stereocenters. The predicted octanol–water partition coefficient (Wildman–Crippen LogP) is 1.11. The largest absolute Gasteiger partial charge is 0.348 e. The van der Waals surface area contributed by atoms with Crippen LogP contribution in [-0.2, 0) is 15.3 Å². The van der Waals surface area contributed by atoms with Crippen LogP contribution in [0.25, 0.3) is 0 Å². The predicted molar refractivity (Wildman–Crippen MR) is 54.0 cm³/mol. The van der Waals surface area contributed by atoms with Crippen molar-refractivity contribution in [3.8, 4) is 0 Å². The molecule has 0 aromatic heterocycles. The smallest absolute Gasteiger partial charge is 0.207 e. The zero-order chi connectivity index (χ0) is 9.86. The molecule has 3 heteroatoms. The third-order valence-corrected chi connectivity index (χ3v) is 2.52. The zero-order valence-electron chi connectivity index (χ0n) is 8.32. The second-order valence-electron chi connectivity index (χ2n) is 3.35. The van der Waals surface area contributed by atoms with Crippen molar-refractivity contribution in [1.29, 1.82) is 0 Å². The van der Waals surface area contributed by atoms with E-state index >= 15 is 0 Å². The average molecular weight is 193 g/mol. The van der Waals surface area contributed by atoms with Gasteiger partial charge in [0.1, 0.15) is 0 Å². The summed E-state index contributed by atoms with van der Waals surface area (Å²) < 4.78 is 11.2. The van der Waals surface area contributed by atoms with E-state index in [9.17, 15) is 0 Å². The number of benzene rings is 1. The normalized spacial score (nSPS) is 27.5. The summed E-state index contributed by atoms with van der Waals surface area (Å²) in [6, 6.07) is 10.0. The second-order valence-corrected chi connectivity index (χ2v) is 3.35. The minimum Gasteiger partial charge on any atom is -0.348 e. The molecule has 1 atom stereocenters. The van der Waals surface area contributed by atoms with Crippen LogP contribution in [-0.4, -0.2) is 26.8 Å². The molecule has 0 amide bonds. The van der Waals surface area contributed by atoms with Gasteiger partial charge >= 0.3 is 0 Å². The van der Waals surface area contributed by atoms with Crippen LogP contribution < -0.4 is 5.32 Å². The first-order chi connectivity index (χ1) is 6.87. The summed E-state index contributed by atoms with van der Waals surface area (Å²) in [4.78, 5) is 0. The van der Waals surface area contributed by atoms with Crippen molar-refractivity contribution in [1.82, 2.24) is 5.32 Å². The van der Waals surface area contributed by atoms with Crippen molar-refractivity contribution in [3.05, 3.63) is 35.9 Å². The summed E-state index contributed by atoms with van der Waals surface area (Å²) in [6.45, 7) is 2.27. The number of hydrogen-bond acceptors (Lipinski definition) is 3. The Hall–Kier alpha value is -0.900. The van der Waals surface area contributed by atoms with Crippen molar-refractivity contribution in [3.63, 3.8) is 0 Å². The van der Waals surface area contributed by atoms with Crippen molar-refractivity contribution in [2.75, 3.05) is 26.8 Å². The van der Waals surface area contributed by atoms with Gasteiger partial charge in [0.25, 0.3) is 0 Å². The molecule has 1 aromatic carbocycles. The second kappa shape index (κ2) is 4.09. The summed E-state index contributed by atoms with van der Waals surface area (Å²) in [6.07, 6.45) is 0. The summed E-state index contributed by atoms with van der Waals surface area (Å²) >= 11 is 0. The molecule has 14 heavy (non-hydrogen) atoms. The fraction of sp³-hybridized carbons (Fsp3) is 0.455. The number of methoxy groups -OCH3 is 1. The molecule has 1 fully saturated rings. The number of ether oxygens (including phenoxy) is 2. The van der Waals surface area contributed by atoms with Gasteiger partial charge < -0.3 is 14.8 Å². The lowest BCUT2D eigenvalue weighted by molar-refractivity contribution is -0.241. The van der Waals surface area contributed by atoms with Crippen molar-refractivity contribution in [2.45, 2.75) is 5.79 Å². The molecule has 1 aliphatic rings. The Morgan fingerprint density at radius 1 is 1.36 bits per heavy atom. The minimum atomic E-state index is -0.598. The van der Waals surface area contributed by atoms with E-state index in [0.717, 1.165) is 12.1 Å². The van der Waals surface area contributed by atoms with Gasteiger partial charge in [-0.2, -0.15) is 0 Å². The van der Waals surface area contributed by atoms with Gasteiger partial charge in [-0.3, -0.25) is 0 Å². The van der Waals surface area contributed by atoms with Crippen LogP contribution in [0.15, 0.2) is 30.3 Å². The van der Waals surface area contributed by atoms with Gasteiger partial charge in [-0.25, -0.2) is 0 Å². The first-order valence-electron chi connectivity index (χ1n) is 4.83. The third-order valence-electron chi connectivity index (χ3n) is 2.52. The summed E-state index contributed by atoms with van der Waals surface area (Å²) in [7, 11) is 1.68. The minimum absolute atomic E-state index is 0.598. The lowest BCUT2D eigenvalue weighted by Crippen LogP contribution is -2.48. The number of rotatable bonds is 2. The van der Waals surface area contributed by atoms with E-state index in [4.69, 9.17) is 9.47 Å². The number of morpholine rings is 1. The molecule has 1 aliphatic heterocycles. The van der Waals surface area contributed by atoms with E-state index < -0.39 is 5.79 Å². The van der Waals surface area contributed by atoms with E-state index in [-0.39, 0.29) is 0 Å². The maximum Gasteiger partial charge on any atom is 0.207 e. The Labute approximate surface area is 84.0 Å². The highest BCUT2D eigenvalue weighted by Crippen LogP contribution is 2.27. The van der Waals surface area contributed by atoms with Gasteiger partial charge in [0.15, 0.2) is 0 Å². The standard InChI is InChI=1S/C11H15NO2/c1-13-11(9-12-7-8-14-11)10-5-3-2-4-6-10/h2-6,12H,7-9H2,1H3. The van der Waals surface area contributed by atoms with Gasteiger partial charge in [-0.1, -0.05) is 30.3 Å². The van der Waals surface area contributed by atoms with E-state index in [2.05, 4.69) is 5.32 Å². The molecule has 3 nitrogen and oxygen atoms in total. The van der Waals surface area contributed by atoms with E-state index in [1.54, 1.807) is 7.11 Å². The quantitative estimate of drug-likeness (QED) is 0.763. The molecule has 1 heterocycles. The van der Waals surface area contributed by atoms with Gasteiger partial charge in [-0.15, -0.1) is 0 Å². The Balaban J connectivity index is 2.27. The van der Waals surface area contributed by atoms with Gasteiger partial charge in [-0.05, 0) is 0 Å². The first kappa shape index (κ1) is 9.65. The average Bonchev–Trinajstić information content (AvgIpc) is 2.31. The van der Waals surface area contributed by atoms with Crippen LogP contribution >= 0.6 is 0 Å². The maximum absolute atomic E-state index is 5.72. The van der Waals surface area contributed by atoms with Gasteiger partial charge in [0, 0.05) is 19.2 Å². The van der Waals surface area contributed by atoms with Crippen LogP contribution in [0.4, 0.5) is 0 Å². The summed E-state index contributed by atoms with van der Waals surface area (Å²) in [5.41, 5.74) is 1.06. The molecule has 76 valence electrons. The molecular formula is C11H15NO2. The Kier molecular flexibility index (Phi) is 2.82. The number of hydrogen-bond donors (Lipinski definition) is 1. The van der Waals surface area contributed by atoms with Crippen LogP contribution in [0.1, 0.15) is 5.56 Å². The van der Waals surface area contributed by atoms with Crippen LogP contribution in [0, 0.1) is 0 Å². The van der Waals surface area contributed by atoms with Crippen LogP contribution in [0.5, 0.6) is 0 Å². The Morgan fingerprint density at radius 3 is 2.71 bits per heavy atom. The van der Waals surface area contributed by atoms with Crippen LogP contribution in [0.3, 0.4) is 0 Å². The maximum atomic E-state index is 5.72. The van der Waals surface area contributed by atoms with Crippen molar-refractivity contribution in [2.24, 2.45) is 0 Å². The third kappa shape index (κ3) is 1.66. The highest BCUT2D eigenvalue weighted by Gasteiger charge is 2.34. The summed E-state index contributed by atoms with van der Waals surface area (Å²) in [5, 5.41) is 3.28. The van der Waals surface area contributed by atoms with Gasteiger partial charge in [0.2, 0.25) is 5.79 Å². The van der Waals surface area contributed by atoms with E-state index in [1.807, 2.05) is 30.3 Å². The SMILES string of the molecule is COC1(c2ccccc2)CNCCO1.